The molecule has 0 saturated carbocycles. The summed E-state index contributed by atoms with van der Waals surface area (Å²) in [5, 5.41) is 12.2. The molecule has 1 aliphatic rings. The third-order valence-electron chi connectivity index (χ3n) is 4.33. The van der Waals surface area contributed by atoms with Gasteiger partial charge in [-0.3, -0.25) is 0 Å². The van der Waals surface area contributed by atoms with E-state index in [1.807, 2.05) is 24.3 Å². The molecule has 134 valence electrons. The Morgan fingerprint density at radius 2 is 1.67 bits per heavy atom. The van der Waals surface area contributed by atoms with E-state index in [1.54, 1.807) is 30.7 Å². The number of nitrogens with one attached hydrogen (secondary N) is 1. The maximum absolute atomic E-state index is 9.02. The van der Waals surface area contributed by atoms with Gasteiger partial charge in [-0.2, -0.15) is 10.2 Å². The van der Waals surface area contributed by atoms with Gasteiger partial charge in [0.15, 0.2) is 0 Å². The Morgan fingerprint density at radius 1 is 0.889 bits per heavy atom. The molecule has 8 nitrogen and oxygen atoms in total. The van der Waals surface area contributed by atoms with E-state index in [9.17, 15) is 0 Å². The van der Waals surface area contributed by atoms with Crippen molar-refractivity contribution in [2.75, 3.05) is 41.3 Å². The van der Waals surface area contributed by atoms with Gasteiger partial charge in [0.1, 0.15) is 5.82 Å². The highest BCUT2D eigenvalue weighted by Gasteiger charge is 2.20. The molecule has 1 aromatic carbocycles. The standard InChI is InChI=1S/C19H18N8/c20-14-15-3-1-4-16(13-15)24-18-21-8-5-17(25-18)26-9-11-27(12-10-26)19-22-6-2-7-23-19/h1-8,13H,9-12H2,(H,21,24,25). The second kappa shape index (κ2) is 7.66. The molecule has 0 spiro atoms. The van der Waals surface area contributed by atoms with Gasteiger partial charge in [0.25, 0.3) is 0 Å². The third-order valence-corrected chi connectivity index (χ3v) is 4.33. The van der Waals surface area contributed by atoms with Crippen molar-refractivity contribution in [3.63, 3.8) is 0 Å². The Labute approximate surface area is 157 Å². The highest BCUT2D eigenvalue weighted by Crippen LogP contribution is 2.19. The maximum Gasteiger partial charge on any atom is 0.229 e. The fourth-order valence-corrected chi connectivity index (χ4v) is 2.97. The molecule has 1 fully saturated rings. The normalized spacial score (nSPS) is 13.9. The lowest BCUT2D eigenvalue weighted by atomic mass is 10.2. The lowest BCUT2D eigenvalue weighted by Gasteiger charge is -2.35. The van der Waals surface area contributed by atoms with Crippen LogP contribution in [0.2, 0.25) is 0 Å². The van der Waals surface area contributed by atoms with Gasteiger partial charge in [0, 0.05) is 50.5 Å². The monoisotopic (exact) mass is 358 g/mol. The summed E-state index contributed by atoms with van der Waals surface area (Å²) in [5.41, 5.74) is 1.38. The number of nitriles is 1. The van der Waals surface area contributed by atoms with Gasteiger partial charge in [-0.25, -0.2) is 15.0 Å². The molecule has 3 heterocycles. The number of hydrogen-bond acceptors (Lipinski definition) is 8. The molecule has 4 rings (SSSR count). The summed E-state index contributed by atoms with van der Waals surface area (Å²) >= 11 is 0. The molecular formula is C19H18N8. The van der Waals surface area contributed by atoms with Crippen LogP contribution in [0.5, 0.6) is 0 Å². The van der Waals surface area contributed by atoms with Crippen molar-refractivity contribution in [3.05, 3.63) is 60.6 Å². The molecule has 1 N–H and O–H groups in total. The van der Waals surface area contributed by atoms with Crippen molar-refractivity contribution < 1.29 is 0 Å². The Balaban J connectivity index is 1.43. The highest BCUT2D eigenvalue weighted by molar-refractivity contribution is 5.57. The topological polar surface area (TPSA) is 93.9 Å². The van der Waals surface area contributed by atoms with Gasteiger partial charge < -0.3 is 15.1 Å². The van der Waals surface area contributed by atoms with E-state index < -0.39 is 0 Å². The van der Waals surface area contributed by atoms with E-state index in [4.69, 9.17) is 5.26 Å². The minimum absolute atomic E-state index is 0.511. The first-order valence-electron chi connectivity index (χ1n) is 8.69. The minimum atomic E-state index is 0.511. The van der Waals surface area contributed by atoms with Crippen molar-refractivity contribution in [1.82, 2.24) is 19.9 Å². The second-order valence-corrected chi connectivity index (χ2v) is 6.08. The molecule has 27 heavy (non-hydrogen) atoms. The van der Waals surface area contributed by atoms with Gasteiger partial charge in [0.05, 0.1) is 11.6 Å². The van der Waals surface area contributed by atoms with Crippen molar-refractivity contribution in [3.8, 4) is 6.07 Å². The summed E-state index contributed by atoms with van der Waals surface area (Å²) in [6.45, 7) is 3.33. The average Bonchev–Trinajstić information content (AvgIpc) is 2.75. The molecule has 0 atom stereocenters. The fraction of sp³-hybridized carbons (Fsp3) is 0.211. The summed E-state index contributed by atoms with van der Waals surface area (Å²) < 4.78 is 0. The second-order valence-electron chi connectivity index (χ2n) is 6.08. The predicted octanol–water partition coefficient (Wildman–Crippen LogP) is 2.21. The van der Waals surface area contributed by atoms with E-state index in [1.165, 1.54) is 0 Å². The van der Waals surface area contributed by atoms with E-state index in [0.717, 1.165) is 43.6 Å². The number of hydrogen-bond donors (Lipinski definition) is 1. The van der Waals surface area contributed by atoms with Gasteiger partial charge in [-0.05, 0) is 30.3 Å². The van der Waals surface area contributed by atoms with Crippen LogP contribution in [0, 0.1) is 11.3 Å². The first kappa shape index (κ1) is 16.7. The van der Waals surface area contributed by atoms with Crippen molar-refractivity contribution in [2.45, 2.75) is 0 Å². The Kier molecular flexibility index (Phi) is 4.74. The molecule has 2 aromatic heterocycles. The van der Waals surface area contributed by atoms with Crippen molar-refractivity contribution in [2.24, 2.45) is 0 Å². The fourth-order valence-electron chi connectivity index (χ4n) is 2.97. The quantitative estimate of drug-likeness (QED) is 0.759. The first-order valence-corrected chi connectivity index (χ1v) is 8.69. The van der Waals surface area contributed by atoms with Crippen LogP contribution in [0.3, 0.4) is 0 Å². The van der Waals surface area contributed by atoms with Crippen LogP contribution in [-0.2, 0) is 0 Å². The molecule has 1 aliphatic heterocycles. The zero-order chi connectivity index (χ0) is 18.5. The molecule has 0 amide bonds. The van der Waals surface area contributed by atoms with Gasteiger partial charge in [0.2, 0.25) is 11.9 Å². The molecule has 0 radical (unpaired) electrons. The van der Waals surface area contributed by atoms with Crippen molar-refractivity contribution in [1.29, 1.82) is 5.26 Å². The number of aromatic nitrogens is 4. The van der Waals surface area contributed by atoms with Crippen molar-refractivity contribution >= 4 is 23.4 Å². The molecule has 1 saturated heterocycles. The largest absolute Gasteiger partial charge is 0.353 e. The highest BCUT2D eigenvalue weighted by atomic mass is 15.3. The Morgan fingerprint density at radius 3 is 2.44 bits per heavy atom. The number of nitrogens with zero attached hydrogens (tertiary/aromatic N) is 7. The molecule has 3 aromatic rings. The summed E-state index contributed by atoms with van der Waals surface area (Å²) in [6.07, 6.45) is 5.27. The van der Waals surface area contributed by atoms with E-state index in [0.29, 0.717) is 11.5 Å². The number of benzene rings is 1. The number of anilines is 4. The average molecular weight is 358 g/mol. The lowest BCUT2D eigenvalue weighted by Crippen LogP contribution is -2.47. The van der Waals surface area contributed by atoms with E-state index in [2.05, 4.69) is 41.1 Å². The van der Waals surface area contributed by atoms with Crippen LogP contribution in [-0.4, -0.2) is 46.1 Å². The molecule has 0 unspecified atom stereocenters. The third kappa shape index (κ3) is 3.93. The summed E-state index contributed by atoms with van der Waals surface area (Å²) in [5.74, 6) is 2.15. The van der Waals surface area contributed by atoms with E-state index >= 15 is 0 Å². The Hall–Kier alpha value is -3.73. The molecule has 0 bridgehead atoms. The molecule has 0 aliphatic carbocycles. The summed E-state index contributed by atoms with van der Waals surface area (Å²) in [6, 6.07) is 13.1. The van der Waals surface area contributed by atoms with Crippen LogP contribution in [0.4, 0.5) is 23.4 Å². The van der Waals surface area contributed by atoms with Crippen LogP contribution in [0.25, 0.3) is 0 Å². The SMILES string of the molecule is N#Cc1cccc(Nc2nccc(N3CCN(c4ncccn4)CC3)n2)c1. The number of rotatable bonds is 4. The molecule has 8 heteroatoms. The lowest BCUT2D eigenvalue weighted by molar-refractivity contribution is 0.634. The zero-order valence-corrected chi connectivity index (χ0v) is 14.7. The number of piperazine rings is 1. The smallest absolute Gasteiger partial charge is 0.229 e. The zero-order valence-electron chi connectivity index (χ0n) is 14.7. The van der Waals surface area contributed by atoms with Gasteiger partial charge in [-0.1, -0.05) is 6.07 Å². The molecular weight excluding hydrogens is 340 g/mol. The van der Waals surface area contributed by atoms with E-state index in [-0.39, 0.29) is 0 Å². The van der Waals surface area contributed by atoms with Crippen LogP contribution < -0.4 is 15.1 Å². The maximum atomic E-state index is 9.02. The van der Waals surface area contributed by atoms with Gasteiger partial charge >= 0.3 is 0 Å². The van der Waals surface area contributed by atoms with Crippen LogP contribution in [0.15, 0.2) is 55.0 Å². The Bertz CT molecular complexity index is 945. The minimum Gasteiger partial charge on any atom is -0.353 e. The predicted molar refractivity (Wildman–Crippen MR) is 103 cm³/mol. The summed E-state index contributed by atoms with van der Waals surface area (Å²) in [7, 11) is 0. The summed E-state index contributed by atoms with van der Waals surface area (Å²) in [4.78, 5) is 21.9. The van der Waals surface area contributed by atoms with Gasteiger partial charge in [-0.15, -0.1) is 0 Å². The first-order chi connectivity index (χ1) is 13.3. The van der Waals surface area contributed by atoms with Crippen LogP contribution in [0.1, 0.15) is 5.56 Å². The van der Waals surface area contributed by atoms with Crippen LogP contribution >= 0.6 is 0 Å².